The lowest BCUT2D eigenvalue weighted by Gasteiger charge is -2.14. The summed E-state index contributed by atoms with van der Waals surface area (Å²) in [5.41, 5.74) is 0. The van der Waals surface area contributed by atoms with Gasteiger partial charge in [-0.25, -0.2) is 0 Å². The normalized spacial score (nSPS) is 12.8. The average molecular weight is 267 g/mol. The fourth-order valence-corrected chi connectivity index (χ4v) is 3.16. The minimum absolute atomic E-state index is 0.362. The highest BCUT2D eigenvalue weighted by Crippen LogP contribution is 2.19. The lowest BCUT2D eigenvalue weighted by molar-refractivity contribution is 0.516. The van der Waals surface area contributed by atoms with Crippen molar-refractivity contribution >= 4 is 23.6 Å². The topological polar surface area (TPSA) is 33.6 Å². The number of hydrogen-bond donors (Lipinski definition) is 1. The Bertz CT molecular complexity index is 510. The van der Waals surface area contributed by atoms with E-state index < -0.39 is 0 Å². The monoisotopic (exact) mass is 267 g/mol. The zero-order chi connectivity index (χ0) is 12.3. The van der Waals surface area contributed by atoms with Gasteiger partial charge in [-0.15, -0.1) is 11.3 Å². The highest BCUT2D eigenvalue weighted by molar-refractivity contribution is 7.71. The van der Waals surface area contributed by atoms with E-state index >= 15 is 0 Å². The molecule has 0 spiro atoms. The molecule has 5 heteroatoms. The largest absolute Gasteiger partial charge is 0.301 e. The Morgan fingerprint density at radius 1 is 1.59 bits per heavy atom. The van der Waals surface area contributed by atoms with E-state index in [4.69, 9.17) is 12.2 Å². The first kappa shape index (κ1) is 12.5. The average Bonchev–Trinajstić information content (AvgIpc) is 2.89. The smallest absolute Gasteiger partial charge is 0.195 e. The third-order valence-corrected chi connectivity index (χ3v) is 3.96. The Morgan fingerprint density at radius 2 is 2.41 bits per heavy atom. The van der Waals surface area contributed by atoms with Gasteiger partial charge in [-0.1, -0.05) is 13.0 Å². The SMILES string of the molecule is CCCc1n[nH]c(=S)n1C(C)Cc1cccs1. The van der Waals surface area contributed by atoms with E-state index in [1.165, 1.54) is 4.88 Å². The second-order valence-electron chi connectivity index (χ2n) is 4.20. The second kappa shape index (κ2) is 5.60. The summed E-state index contributed by atoms with van der Waals surface area (Å²) >= 11 is 7.10. The van der Waals surface area contributed by atoms with E-state index in [2.05, 4.69) is 46.1 Å². The van der Waals surface area contributed by atoms with Crippen molar-refractivity contribution in [1.82, 2.24) is 14.8 Å². The zero-order valence-corrected chi connectivity index (χ0v) is 11.8. The molecule has 2 rings (SSSR count). The van der Waals surface area contributed by atoms with Crippen LogP contribution in [0.3, 0.4) is 0 Å². The van der Waals surface area contributed by atoms with Crippen LogP contribution < -0.4 is 0 Å². The fourth-order valence-electron chi connectivity index (χ4n) is 2.00. The maximum absolute atomic E-state index is 5.31. The molecule has 0 saturated carbocycles. The molecule has 0 fully saturated rings. The van der Waals surface area contributed by atoms with Crippen molar-refractivity contribution in [2.75, 3.05) is 0 Å². The number of thiophene rings is 1. The Kier molecular flexibility index (Phi) is 4.12. The van der Waals surface area contributed by atoms with Crippen LogP contribution in [0.4, 0.5) is 0 Å². The molecule has 1 atom stereocenters. The minimum atomic E-state index is 0.362. The maximum atomic E-state index is 5.31. The van der Waals surface area contributed by atoms with Crippen molar-refractivity contribution in [1.29, 1.82) is 0 Å². The highest BCUT2D eigenvalue weighted by Gasteiger charge is 2.13. The van der Waals surface area contributed by atoms with Gasteiger partial charge in [-0.3, -0.25) is 5.10 Å². The van der Waals surface area contributed by atoms with Gasteiger partial charge in [-0.2, -0.15) is 5.10 Å². The number of aromatic amines is 1. The number of nitrogens with zero attached hydrogens (tertiary/aromatic N) is 2. The summed E-state index contributed by atoms with van der Waals surface area (Å²) in [6.45, 7) is 4.36. The van der Waals surface area contributed by atoms with Crippen LogP contribution in [0.1, 0.15) is 37.0 Å². The summed E-state index contributed by atoms with van der Waals surface area (Å²) in [6, 6.07) is 4.63. The Hall–Kier alpha value is -0.940. The molecule has 0 saturated heterocycles. The number of aryl methyl sites for hydroxylation is 1. The van der Waals surface area contributed by atoms with Crippen LogP contribution in [-0.2, 0) is 12.8 Å². The summed E-state index contributed by atoms with van der Waals surface area (Å²) in [4.78, 5) is 1.39. The van der Waals surface area contributed by atoms with Crippen LogP contribution in [0.5, 0.6) is 0 Å². The molecule has 1 unspecified atom stereocenters. The summed E-state index contributed by atoms with van der Waals surface area (Å²) in [5.74, 6) is 1.07. The molecule has 0 aliphatic rings. The van der Waals surface area contributed by atoms with Crippen molar-refractivity contribution in [3.63, 3.8) is 0 Å². The first-order valence-corrected chi connectivity index (χ1v) is 7.19. The molecule has 2 heterocycles. The van der Waals surface area contributed by atoms with Crippen LogP contribution in [-0.4, -0.2) is 14.8 Å². The molecule has 0 aliphatic heterocycles. The Labute approximate surface area is 111 Å². The van der Waals surface area contributed by atoms with Crippen LogP contribution in [0, 0.1) is 4.77 Å². The van der Waals surface area contributed by atoms with E-state index in [0.29, 0.717) is 6.04 Å². The lowest BCUT2D eigenvalue weighted by atomic mass is 10.2. The van der Waals surface area contributed by atoms with E-state index in [1.54, 1.807) is 11.3 Å². The fraction of sp³-hybridized carbons (Fsp3) is 0.500. The molecule has 0 aliphatic carbocycles. The zero-order valence-electron chi connectivity index (χ0n) is 10.1. The first-order valence-electron chi connectivity index (χ1n) is 5.90. The molecular weight excluding hydrogens is 250 g/mol. The summed E-state index contributed by atoms with van der Waals surface area (Å²) in [5, 5.41) is 9.32. The quantitative estimate of drug-likeness (QED) is 0.837. The van der Waals surface area contributed by atoms with Crippen LogP contribution in [0.25, 0.3) is 0 Å². The highest BCUT2D eigenvalue weighted by atomic mass is 32.1. The Balaban J connectivity index is 2.20. The molecule has 0 aromatic carbocycles. The van der Waals surface area contributed by atoms with E-state index in [-0.39, 0.29) is 0 Å². The molecule has 0 radical (unpaired) electrons. The van der Waals surface area contributed by atoms with Crippen LogP contribution in [0.15, 0.2) is 17.5 Å². The molecule has 0 amide bonds. The van der Waals surface area contributed by atoms with Crippen LogP contribution in [0.2, 0.25) is 0 Å². The molecule has 0 bridgehead atoms. The van der Waals surface area contributed by atoms with Gasteiger partial charge in [0.2, 0.25) is 0 Å². The van der Waals surface area contributed by atoms with Gasteiger partial charge in [-0.05, 0) is 37.0 Å². The molecular formula is C12H17N3S2. The lowest BCUT2D eigenvalue weighted by Crippen LogP contribution is -2.11. The third-order valence-electron chi connectivity index (χ3n) is 2.77. The van der Waals surface area contributed by atoms with Gasteiger partial charge in [0.15, 0.2) is 4.77 Å². The van der Waals surface area contributed by atoms with E-state index in [9.17, 15) is 0 Å². The van der Waals surface area contributed by atoms with E-state index in [1.807, 2.05) is 0 Å². The van der Waals surface area contributed by atoms with Gasteiger partial charge < -0.3 is 4.57 Å². The van der Waals surface area contributed by atoms with Gasteiger partial charge in [0.25, 0.3) is 0 Å². The first-order chi connectivity index (χ1) is 8.22. The molecule has 2 aromatic heterocycles. The molecule has 2 aromatic rings. The number of H-pyrrole nitrogens is 1. The Morgan fingerprint density at radius 3 is 3.06 bits per heavy atom. The summed E-state index contributed by atoms with van der Waals surface area (Å²) in [6.07, 6.45) is 3.08. The second-order valence-corrected chi connectivity index (χ2v) is 5.62. The van der Waals surface area contributed by atoms with Gasteiger partial charge in [0, 0.05) is 23.8 Å². The van der Waals surface area contributed by atoms with Crippen molar-refractivity contribution < 1.29 is 0 Å². The van der Waals surface area contributed by atoms with Gasteiger partial charge >= 0.3 is 0 Å². The predicted molar refractivity (Wildman–Crippen MR) is 74.1 cm³/mol. The molecule has 17 heavy (non-hydrogen) atoms. The third kappa shape index (κ3) is 2.84. The summed E-state index contributed by atoms with van der Waals surface area (Å²) in [7, 11) is 0. The van der Waals surface area contributed by atoms with Gasteiger partial charge in [0.1, 0.15) is 5.82 Å². The molecule has 1 N–H and O–H groups in total. The number of hydrogen-bond acceptors (Lipinski definition) is 3. The predicted octanol–water partition coefficient (Wildman–Crippen LogP) is 3.76. The molecule has 92 valence electrons. The maximum Gasteiger partial charge on any atom is 0.195 e. The van der Waals surface area contributed by atoms with Gasteiger partial charge in [0.05, 0.1) is 0 Å². The molecule has 3 nitrogen and oxygen atoms in total. The summed E-state index contributed by atoms with van der Waals surface area (Å²) < 4.78 is 2.89. The number of aromatic nitrogens is 3. The van der Waals surface area contributed by atoms with Crippen molar-refractivity contribution in [2.24, 2.45) is 0 Å². The van der Waals surface area contributed by atoms with Crippen LogP contribution >= 0.6 is 23.6 Å². The van der Waals surface area contributed by atoms with Crippen molar-refractivity contribution in [2.45, 2.75) is 39.2 Å². The standard InChI is InChI=1S/C12H17N3S2/c1-3-5-11-13-14-12(16)15(11)9(2)8-10-6-4-7-17-10/h4,6-7,9H,3,5,8H2,1-2H3,(H,14,16). The minimum Gasteiger partial charge on any atom is -0.301 e. The number of rotatable bonds is 5. The number of nitrogens with one attached hydrogen (secondary N) is 1. The van der Waals surface area contributed by atoms with E-state index in [0.717, 1.165) is 29.9 Å². The van der Waals surface area contributed by atoms with Crippen molar-refractivity contribution in [3.05, 3.63) is 33.0 Å². The van der Waals surface area contributed by atoms with Crippen molar-refractivity contribution in [3.8, 4) is 0 Å².